The molecule has 1 fully saturated rings. The summed E-state index contributed by atoms with van der Waals surface area (Å²) in [5, 5.41) is 3.63. The molecule has 0 aromatic carbocycles. The molecule has 0 bridgehead atoms. The van der Waals surface area contributed by atoms with Gasteiger partial charge >= 0.3 is 0 Å². The maximum atomic E-state index is 4.14. The van der Waals surface area contributed by atoms with Crippen LogP contribution in [-0.2, 0) is 13.6 Å². The first-order valence-corrected chi connectivity index (χ1v) is 6.46. The topological polar surface area (TPSA) is 29.9 Å². The second-order valence-corrected chi connectivity index (χ2v) is 5.06. The van der Waals surface area contributed by atoms with Crippen molar-refractivity contribution in [3.8, 4) is 0 Å². The molecule has 3 nitrogen and oxygen atoms in total. The molecule has 0 unspecified atom stereocenters. The monoisotopic (exact) mass is 221 g/mol. The summed E-state index contributed by atoms with van der Waals surface area (Å²) in [6.07, 6.45) is 10.9. The zero-order valence-corrected chi connectivity index (χ0v) is 10.4. The molecule has 1 N–H and O–H groups in total. The molecule has 1 aromatic rings. The second kappa shape index (κ2) is 5.48. The van der Waals surface area contributed by atoms with E-state index in [9.17, 15) is 0 Å². The van der Waals surface area contributed by atoms with E-state index in [-0.39, 0.29) is 0 Å². The van der Waals surface area contributed by atoms with Crippen molar-refractivity contribution in [2.75, 3.05) is 0 Å². The molecule has 1 aliphatic carbocycles. The maximum Gasteiger partial charge on any atom is 0.0945 e. The minimum atomic E-state index is 0.634. The molecule has 0 amide bonds. The van der Waals surface area contributed by atoms with Crippen molar-refractivity contribution in [2.24, 2.45) is 13.0 Å². The SMILES string of the molecule is C[C@H](NCc1cncn1C)C1CCCCC1. The van der Waals surface area contributed by atoms with Gasteiger partial charge in [0.15, 0.2) is 0 Å². The van der Waals surface area contributed by atoms with Gasteiger partial charge in [-0.15, -0.1) is 0 Å². The predicted molar refractivity (Wildman–Crippen MR) is 66.1 cm³/mol. The van der Waals surface area contributed by atoms with E-state index in [2.05, 4.69) is 28.8 Å². The van der Waals surface area contributed by atoms with Crippen LogP contribution >= 0.6 is 0 Å². The normalized spacial score (nSPS) is 19.9. The van der Waals surface area contributed by atoms with Crippen LogP contribution in [0.15, 0.2) is 12.5 Å². The quantitative estimate of drug-likeness (QED) is 0.846. The van der Waals surface area contributed by atoms with E-state index in [1.165, 1.54) is 37.8 Å². The lowest BCUT2D eigenvalue weighted by atomic mass is 9.84. The number of rotatable bonds is 4. The molecule has 1 atom stereocenters. The Morgan fingerprint density at radius 1 is 1.44 bits per heavy atom. The van der Waals surface area contributed by atoms with Gasteiger partial charge in [0.25, 0.3) is 0 Å². The first-order valence-electron chi connectivity index (χ1n) is 6.46. The maximum absolute atomic E-state index is 4.14. The molecule has 0 spiro atoms. The third-order valence-corrected chi connectivity index (χ3v) is 3.88. The summed E-state index contributed by atoms with van der Waals surface area (Å²) in [5.41, 5.74) is 1.27. The minimum absolute atomic E-state index is 0.634. The minimum Gasteiger partial charge on any atom is -0.337 e. The Labute approximate surface area is 98.3 Å². The highest BCUT2D eigenvalue weighted by Crippen LogP contribution is 2.26. The molecule has 0 aliphatic heterocycles. The van der Waals surface area contributed by atoms with E-state index in [4.69, 9.17) is 0 Å². The van der Waals surface area contributed by atoms with E-state index in [0.717, 1.165) is 12.5 Å². The molecule has 1 saturated carbocycles. The van der Waals surface area contributed by atoms with Gasteiger partial charge in [-0.3, -0.25) is 0 Å². The van der Waals surface area contributed by atoms with Crippen LogP contribution in [0.1, 0.15) is 44.7 Å². The van der Waals surface area contributed by atoms with Crippen LogP contribution < -0.4 is 5.32 Å². The van der Waals surface area contributed by atoms with Gasteiger partial charge in [-0.25, -0.2) is 4.98 Å². The third kappa shape index (κ3) is 2.85. The first-order chi connectivity index (χ1) is 7.77. The van der Waals surface area contributed by atoms with E-state index in [0.29, 0.717) is 6.04 Å². The van der Waals surface area contributed by atoms with Crippen molar-refractivity contribution in [3.63, 3.8) is 0 Å². The lowest BCUT2D eigenvalue weighted by molar-refractivity contribution is 0.279. The van der Waals surface area contributed by atoms with Crippen molar-refractivity contribution in [3.05, 3.63) is 18.2 Å². The zero-order valence-electron chi connectivity index (χ0n) is 10.4. The number of aromatic nitrogens is 2. The molecule has 1 heterocycles. The van der Waals surface area contributed by atoms with Crippen LogP contribution in [0.25, 0.3) is 0 Å². The number of hydrogen-bond donors (Lipinski definition) is 1. The Balaban J connectivity index is 1.78. The van der Waals surface area contributed by atoms with E-state index in [1.807, 2.05) is 12.5 Å². The van der Waals surface area contributed by atoms with Gasteiger partial charge in [-0.1, -0.05) is 19.3 Å². The number of nitrogens with zero attached hydrogens (tertiary/aromatic N) is 2. The largest absolute Gasteiger partial charge is 0.337 e. The Hall–Kier alpha value is -0.830. The van der Waals surface area contributed by atoms with Crippen molar-refractivity contribution < 1.29 is 0 Å². The highest BCUT2D eigenvalue weighted by Gasteiger charge is 2.19. The number of aryl methyl sites for hydroxylation is 1. The smallest absolute Gasteiger partial charge is 0.0945 e. The van der Waals surface area contributed by atoms with Gasteiger partial charge in [0.05, 0.1) is 12.0 Å². The molecule has 3 heteroatoms. The summed E-state index contributed by atoms with van der Waals surface area (Å²) in [7, 11) is 2.05. The Bertz CT molecular complexity index is 313. The van der Waals surface area contributed by atoms with Crippen molar-refractivity contribution >= 4 is 0 Å². The average molecular weight is 221 g/mol. The zero-order chi connectivity index (χ0) is 11.4. The van der Waals surface area contributed by atoms with Gasteiger partial charge in [0.2, 0.25) is 0 Å². The van der Waals surface area contributed by atoms with Crippen LogP contribution in [0.4, 0.5) is 0 Å². The number of nitrogens with one attached hydrogen (secondary N) is 1. The highest BCUT2D eigenvalue weighted by molar-refractivity contribution is 4.97. The van der Waals surface area contributed by atoms with Crippen LogP contribution in [0, 0.1) is 5.92 Å². The number of hydrogen-bond acceptors (Lipinski definition) is 2. The summed E-state index contributed by atoms with van der Waals surface area (Å²) >= 11 is 0. The van der Waals surface area contributed by atoms with Crippen LogP contribution in [0.2, 0.25) is 0 Å². The van der Waals surface area contributed by atoms with Gasteiger partial charge in [-0.2, -0.15) is 0 Å². The molecule has 2 rings (SSSR count). The van der Waals surface area contributed by atoms with Crippen molar-refractivity contribution in [1.82, 2.24) is 14.9 Å². The van der Waals surface area contributed by atoms with Crippen LogP contribution in [0.3, 0.4) is 0 Å². The van der Waals surface area contributed by atoms with Crippen molar-refractivity contribution in [2.45, 2.75) is 51.6 Å². The molecule has 16 heavy (non-hydrogen) atoms. The Kier molecular flexibility index (Phi) is 3.99. The van der Waals surface area contributed by atoms with Gasteiger partial charge in [0, 0.05) is 25.8 Å². The van der Waals surface area contributed by atoms with Gasteiger partial charge in [-0.05, 0) is 25.7 Å². The van der Waals surface area contributed by atoms with E-state index >= 15 is 0 Å². The molecule has 1 aliphatic rings. The predicted octanol–water partition coefficient (Wildman–Crippen LogP) is 2.48. The number of imidazole rings is 1. The molecule has 0 saturated heterocycles. The Morgan fingerprint density at radius 3 is 2.81 bits per heavy atom. The lowest BCUT2D eigenvalue weighted by Crippen LogP contribution is -2.34. The van der Waals surface area contributed by atoms with E-state index < -0.39 is 0 Å². The summed E-state index contributed by atoms with van der Waals surface area (Å²) in [5.74, 6) is 0.877. The fourth-order valence-corrected chi connectivity index (χ4v) is 2.62. The Morgan fingerprint density at radius 2 is 2.19 bits per heavy atom. The summed E-state index contributed by atoms with van der Waals surface area (Å²) in [6.45, 7) is 3.26. The lowest BCUT2D eigenvalue weighted by Gasteiger charge is -2.28. The molecule has 90 valence electrons. The first kappa shape index (κ1) is 11.6. The fourth-order valence-electron chi connectivity index (χ4n) is 2.62. The standard InChI is InChI=1S/C13H23N3/c1-11(12-6-4-3-5-7-12)15-9-13-8-14-10-16(13)2/h8,10-12,15H,3-7,9H2,1-2H3/t11-/m0/s1. The summed E-state index contributed by atoms with van der Waals surface area (Å²) in [4.78, 5) is 4.14. The fraction of sp³-hybridized carbons (Fsp3) is 0.769. The van der Waals surface area contributed by atoms with Gasteiger partial charge < -0.3 is 9.88 Å². The van der Waals surface area contributed by atoms with E-state index in [1.54, 1.807) is 0 Å². The molecule has 0 radical (unpaired) electrons. The van der Waals surface area contributed by atoms with Crippen LogP contribution in [0.5, 0.6) is 0 Å². The summed E-state index contributed by atoms with van der Waals surface area (Å²) < 4.78 is 2.08. The van der Waals surface area contributed by atoms with Crippen molar-refractivity contribution in [1.29, 1.82) is 0 Å². The van der Waals surface area contributed by atoms with Crippen LogP contribution in [-0.4, -0.2) is 15.6 Å². The average Bonchev–Trinajstić information content (AvgIpc) is 2.73. The van der Waals surface area contributed by atoms with Gasteiger partial charge in [0.1, 0.15) is 0 Å². The molecular weight excluding hydrogens is 198 g/mol. The molecular formula is C13H23N3. The third-order valence-electron chi connectivity index (χ3n) is 3.88. The summed E-state index contributed by atoms with van der Waals surface area (Å²) in [6, 6.07) is 0.634. The highest BCUT2D eigenvalue weighted by atomic mass is 15.0. The molecule has 1 aromatic heterocycles. The second-order valence-electron chi connectivity index (χ2n) is 5.06.